The van der Waals surface area contributed by atoms with Gasteiger partial charge in [0.2, 0.25) is 0 Å². The molecule has 0 atom stereocenters. The Morgan fingerprint density at radius 3 is 2.55 bits per heavy atom. The molecule has 3 heteroatoms. The molecule has 0 unspecified atom stereocenters. The van der Waals surface area contributed by atoms with Crippen molar-refractivity contribution in [1.82, 2.24) is 5.32 Å². The Labute approximate surface area is 131 Å². The van der Waals surface area contributed by atoms with Gasteiger partial charge in [-0.15, -0.1) is 0 Å². The van der Waals surface area contributed by atoms with Gasteiger partial charge in [-0.05, 0) is 69.7 Å². The molecule has 1 aromatic rings. The van der Waals surface area contributed by atoms with E-state index in [1.165, 1.54) is 29.3 Å². The third-order valence-electron chi connectivity index (χ3n) is 3.93. The van der Waals surface area contributed by atoms with E-state index in [-0.39, 0.29) is 0 Å². The molecule has 1 aliphatic rings. The molecule has 0 aliphatic heterocycles. The van der Waals surface area contributed by atoms with Crippen LogP contribution in [-0.2, 0) is 4.74 Å². The van der Waals surface area contributed by atoms with Crippen molar-refractivity contribution in [3.63, 3.8) is 0 Å². The monoisotopic (exact) mass is 339 g/mol. The van der Waals surface area contributed by atoms with E-state index in [2.05, 4.69) is 59.4 Å². The fraction of sp³-hybridized carbons (Fsp3) is 0.647. The Balaban J connectivity index is 1.52. The summed E-state index contributed by atoms with van der Waals surface area (Å²) < 4.78 is 6.71. The van der Waals surface area contributed by atoms with Crippen LogP contribution in [0.2, 0.25) is 0 Å². The van der Waals surface area contributed by atoms with Crippen molar-refractivity contribution < 1.29 is 4.74 Å². The van der Waals surface area contributed by atoms with Gasteiger partial charge in [0.25, 0.3) is 0 Å². The molecule has 1 N–H and O–H groups in total. The van der Waals surface area contributed by atoms with Crippen LogP contribution in [0.3, 0.4) is 0 Å². The lowest BCUT2D eigenvalue weighted by molar-refractivity contribution is 0.0757. The molecule has 0 radical (unpaired) electrons. The van der Waals surface area contributed by atoms with Crippen molar-refractivity contribution in [2.24, 2.45) is 0 Å². The predicted molar refractivity (Wildman–Crippen MR) is 88.2 cm³/mol. The maximum absolute atomic E-state index is 5.54. The second-order valence-corrected chi connectivity index (χ2v) is 6.91. The highest BCUT2D eigenvalue weighted by molar-refractivity contribution is 9.10. The third kappa shape index (κ3) is 5.19. The van der Waals surface area contributed by atoms with E-state index in [4.69, 9.17) is 4.74 Å². The first-order chi connectivity index (χ1) is 9.65. The van der Waals surface area contributed by atoms with E-state index in [0.29, 0.717) is 6.10 Å². The van der Waals surface area contributed by atoms with E-state index in [1.54, 1.807) is 0 Å². The summed E-state index contributed by atoms with van der Waals surface area (Å²) >= 11 is 3.49. The van der Waals surface area contributed by atoms with Crippen LogP contribution in [0.5, 0.6) is 0 Å². The van der Waals surface area contributed by atoms with E-state index < -0.39 is 0 Å². The molecule has 0 amide bonds. The molecular weight excluding hydrogens is 314 g/mol. The highest BCUT2D eigenvalue weighted by Gasteiger charge is 2.29. The Morgan fingerprint density at radius 1 is 1.20 bits per heavy atom. The summed E-state index contributed by atoms with van der Waals surface area (Å²) in [6, 6.07) is 9.49. The van der Waals surface area contributed by atoms with E-state index in [0.717, 1.165) is 31.5 Å². The molecule has 2 rings (SSSR count). The standard InChI is InChI=1S/C17H26BrNO/c1-13(2)20-10-4-3-9-19-17-11-15(12-17)14-5-7-16(18)8-6-14/h5-8,13,15,17,19H,3-4,9-12H2,1-2H3. The lowest BCUT2D eigenvalue weighted by Crippen LogP contribution is -2.40. The number of ether oxygens (including phenoxy) is 1. The molecule has 0 heterocycles. The normalized spacial score (nSPS) is 22.0. The first-order valence-electron chi connectivity index (χ1n) is 7.75. The van der Waals surface area contributed by atoms with Crippen molar-refractivity contribution in [2.75, 3.05) is 13.2 Å². The Bertz CT molecular complexity index is 384. The highest BCUT2D eigenvalue weighted by Crippen LogP contribution is 2.37. The van der Waals surface area contributed by atoms with E-state index in [1.807, 2.05) is 0 Å². The largest absolute Gasteiger partial charge is 0.379 e. The van der Waals surface area contributed by atoms with E-state index >= 15 is 0 Å². The molecule has 1 fully saturated rings. The van der Waals surface area contributed by atoms with Gasteiger partial charge >= 0.3 is 0 Å². The number of nitrogens with one attached hydrogen (secondary N) is 1. The number of halogens is 1. The molecule has 0 saturated heterocycles. The van der Waals surface area contributed by atoms with Gasteiger partial charge in [0.15, 0.2) is 0 Å². The molecule has 1 saturated carbocycles. The van der Waals surface area contributed by atoms with Crippen molar-refractivity contribution in [2.45, 2.75) is 57.6 Å². The maximum atomic E-state index is 5.54. The Hall–Kier alpha value is -0.380. The minimum Gasteiger partial charge on any atom is -0.379 e. The van der Waals surface area contributed by atoms with Gasteiger partial charge in [-0.3, -0.25) is 0 Å². The number of hydrogen-bond donors (Lipinski definition) is 1. The van der Waals surface area contributed by atoms with Crippen LogP contribution in [0.1, 0.15) is 51.0 Å². The molecule has 1 aromatic carbocycles. The number of benzene rings is 1. The fourth-order valence-corrected chi connectivity index (χ4v) is 2.91. The minimum absolute atomic E-state index is 0.362. The van der Waals surface area contributed by atoms with Crippen LogP contribution >= 0.6 is 15.9 Å². The molecule has 0 bridgehead atoms. The van der Waals surface area contributed by atoms with Gasteiger partial charge < -0.3 is 10.1 Å². The number of rotatable bonds is 8. The summed E-state index contributed by atoms with van der Waals surface area (Å²) in [7, 11) is 0. The summed E-state index contributed by atoms with van der Waals surface area (Å²) in [5.74, 6) is 0.755. The zero-order valence-electron chi connectivity index (χ0n) is 12.6. The second-order valence-electron chi connectivity index (χ2n) is 6.00. The molecule has 0 spiro atoms. The smallest absolute Gasteiger partial charge is 0.0518 e. The molecule has 112 valence electrons. The van der Waals surface area contributed by atoms with Gasteiger partial charge in [0, 0.05) is 17.1 Å². The van der Waals surface area contributed by atoms with Crippen LogP contribution in [0.25, 0.3) is 0 Å². The molecule has 2 nitrogen and oxygen atoms in total. The fourth-order valence-electron chi connectivity index (χ4n) is 2.64. The van der Waals surface area contributed by atoms with Gasteiger partial charge in [-0.2, -0.15) is 0 Å². The molecule has 0 aromatic heterocycles. The van der Waals surface area contributed by atoms with Gasteiger partial charge in [0.05, 0.1) is 6.10 Å². The van der Waals surface area contributed by atoms with Gasteiger partial charge in [-0.1, -0.05) is 28.1 Å². The number of hydrogen-bond acceptors (Lipinski definition) is 2. The quantitative estimate of drug-likeness (QED) is 0.704. The summed E-state index contributed by atoms with van der Waals surface area (Å²) in [6.07, 6.45) is 5.30. The van der Waals surface area contributed by atoms with Gasteiger partial charge in [0.1, 0.15) is 0 Å². The highest BCUT2D eigenvalue weighted by atomic mass is 79.9. The second kappa shape index (κ2) is 8.16. The summed E-state index contributed by atoms with van der Waals surface area (Å²) in [5, 5.41) is 3.65. The predicted octanol–water partition coefficient (Wildman–Crippen LogP) is 4.49. The van der Waals surface area contributed by atoms with Crippen molar-refractivity contribution in [3.8, 4) is 0 Å². The third-order valence-corrected chi connectivity index (χ3v) is 4.46. The van der Waals surface area contributed by atoms with Crippen LogP contribution < -0.4 is 5.32 Å². The van der Waals surface area contributed by atoms with Crippen LogP contribution in [-0.4, -0.2) is 25.3 Å². The lowest BCUT2D eigenvalue weighted by Gasteiger charge is -2.36. The topological polar surface area (TPSA) is 21.3 Å². The SMILES string of the molecule is CC(C)OCCCCNC1CC(c2ccc(Br)cc2)C1. The van der Waals surface area contributed by atoms with Gasteiger partial charge in [-0.25, -0.2) is 0 Å². The van der Waals surface area contributed by atoms with E-state index in [9.17, 15) is 0 Å². The number of unbranched alkanes of at least 4 members (excludes halogenated alkanes) is 1. The van der Waals surface area contributed by atoms with Crippen molar-refractivity contribution >= 4 is 15.9 Å². The zero-order valence-corrected chi connectivity index (χ0v) is 14.2. The zero-order chi connectivity index (χ0) is 14.4. The first kappa shape index (κ1) is 16.0. The average molecular weight is 340 g/mol. The Kier molecular flexibility index (Phi) is 6.53. The van der Waals surface area contributed by atoms with Crippen LogP contribution in [0.15, 0.2) is 28.7 Å². The lowest BCUT2D eigenvalue weighted by atomic mass is 9.76. The maximum Gasteiger partial charge on any atom is 0.0518 e. The molecular formula is C17H26BrNO. The first-order valence-corrected chi connectivity index (χ1v) is 8.55. The Morgan fingerprint density at radius 2 is 1.90 bits per heavy atom. The minimum atomic E-state index is 0.362. The van der Waals surface area contributed by atoms with Crippen LogP contribution in [0, 0.1) is 0 Å². The molecule has 1 aliphatic carbocycles. The van der Waals surface area contributed by atoms with Crippen LogP contribution in [0.4, 0.5) is 0 Å². The van der Waals surface area contributed by atoms with Crippen molar-refractivity contribution in [3.05, 3.63) is 34.3 Å². The summed E-state index contributed by atoms with van der Waals surface area (Å²) in [4.78, 5) is 0. The average Bonchev–Trinajstić information content (AvgIpc) is 2.37. The van der Waals surface area contributed by atoms with Crippen molar-refractivity contribution in [1.29, 1.82) is 0 Å². The summed E-state index contributed by atoms with van der Waals surface area (Å²) in [5.41, 5.74) is 1.48. The summed E-state index contributed by atoms with van der Waals surface area (Å²) in [6.45, 7) is 6.20. The molecule has 20 heavy (non-hydrogen) atoms.